The summed E-state index contributed by atoms with van der Waals surface area (Å²) in [5.74, 6) is 0. The SMILES string of the molecule is C=CN=CC=CC=CN=CCC. The molecule has 0 bridgehead atoms. The van der Waals surface area contributed by atoms with Gasteiger partial charge in [-0.1, -0.05) is 19.6 Å². The molecule has 0 aliphatic heterocycles. The van der Waals surface area contributed by atoms with Crippen LogP contribution in [0.2, 0.25) is 0 Å². The summed E-state index contributed by atoms with van der Waals surface area (Å²) < 4.78 is 0. The molecular formula is C10H14N2. The molecule has 0 aromatic rings. The van der Waals surface area contributed by atoms with E-state index in [1.165, 1.54) is 6.20 Å². The molecule has 0 rings (SSSR count). The van der Waals surface area contributed by atoms with E-state index >= 15 is 0 Å². The minimum absolute atomic E-state index is 0.964. The molecule has 0 aromatic heterocycles. The number of hydrogen-bond acceptors (Lipinski definition) is 2. The van der Waals surface area contributed by atoms with E-state index in [1.807, 2.05) is 31.4 Å². The summed E-state index contributed by atoms with van der Waals surface area (Å²) >= 11 is 0. The fourth-order valence-corrected chi connectivity index (χ4v) is 0.490. The first-order valence-corrected chi connectivity index (χ1v) is 3.89. The molecule has 0 radical (unpaired) electrons. The molecule has 0 N–H and O–H groups in total. The van der Waals surface area contributed by atoms with Crippen molar-refractivity contribution in [2.75, 3.05) is 0 Å². The summed E-state index contributed by atoms with van der Waals surface area (Å²) in [4.78, 5) is 7.77. The van der Waals surface area contributed by atoms with Crippen LogP contribution in [0.1, 0.15) is 13.3 Å². The zero-order valence-electron chi connectivity index (χ0n) is 7.35. The predicted octanol–water partition coefficient (Wildman–Crippen LogP) is 2.75. The van der Waals surface area contributed by atoms with E-state index in [2.05, 4.69) is 16.6 Å². The first kappa shape index (κ1) is 10.6. The highest BCUT2D eigenvalue weighted by atomic mass is 14.7. The van der Waals surface area contributed by atoms with Gasteiger partial charge in [0.1, 0.15) is 0 Å². The summed E-state index contributed by atoms with van der Waals surface area (Å²) in [5, 5.41) is 0. The van der Waals surface area contributed by atoms with Crippen LogP contribution in [0.4, 0.5) is 0 Å². The molecule has 0 amide bonds. The molecule has 2 heteroatoms. The molecule has 0 aliphatic rings. The Morgan fingerprint density at radius 2 is 2.00 bits per heavy atom. The summed E-state index contributed by atoms with van der Waals surface area (Å²) in [6.07, 6.45) is 13.2. The van der Waals surface area contributed by atoms with E-state index in [0.717, 1.165) is 6.42 Å². The molecule has 2 nitrogen and oxygen atoms in total. The molecule has 0 atom stereocenters. The zero-order valence-corrected chi connectivity index (χ0v) is 7.35. The number of nitrogens with zero attached hydrogens (tertiary/aromatic N) is 2. The van der Waals surface area contributed by atoms with Crippen molar-refractivity contribution in [2.24, 2.45) is 9.98 Å². The largest absolute Gasteiger partial charge is 0.269 e. The second kappa shape index (κ2) is 9.56. The van der Waals surface area contributed by atoms with Crippen LogP contribution < -0.4 is 0 Å². The van der Waals surface area contributed by atoms with Gasteiger partial charge in [0.05, 0.1) is 0 Å². The van der Waals surface area contributed by atoms with Crippen molar-refractivity contribution < 1.29 is 0 Å². The topological polar surface area (TPSA) is 24.7 Å². The van der Waals surface area contributed by atoms with Gasteiger partial charge in [0.25, 0.3) is 0 Å². The van der Waals surface area contributed by atoms with Crippen molar-refractivity contribution in [1.29, 1.82) is 0 Å². The van der Waals surface area contributed by atoms with Crippen molar-refractivity contribution in [3.8, 4) is 0 Å². The Morgan fingerprint density at radius 1 is 1.17 bits per heavy atom. The number of aliphatic imine (C=N–C) groups is 2. The minimum Gasteiger partial charge on any atom is -0.269 e. The average Bonchev–Trinajstić information content (AvgIpc) is 2.10. The van der Waals surface area contributed by atoms with Crippen LogP contribution in [-0.2, 0) is 0 Å². The van der Waals surface area contributed by atoms with Crippen LogP contribution in [-0.4, -0.2) is 12.4 Å². The van der Waals surface area contributed by atoms with Crippen LogP contribution in [0.3, 0.4) is 0 Å². The lowest BCUT2D eigenvalue weighted by atomic mass is 10.5. The molecule has 0 heterocycles. The molecule has 0 unspecified atom stereocenters. The summed E-state index contributed by atoms with van der Waals surface area (Å²) in [5.41, 5.74) is 0. The summed E-state index contributed by atoms with van der Waals surface area (Å²) in [6, 6.07) is 0. The fourth-order valence-electron chi connectivity index (χ4n) is 0.490. The lowest BCUT2D eigenvalue weighted by molar-refractivity contribution is 1.31. The van der Waals surface area contributed by atoms with Crippen LogP contribution in [0.5, 0.6) is 0 Å². The number of rotatable bonds is 5. The molecule has 0 aliphatic carbocycles. The van der Waals surface area contributed by atoms with Gasteiger partial charge in [-0.25, -0.2) is 0 Å². The molecule has 0 aromatic carbocycles. The van der Waals surface area contributed by atoms with Gasteiger partial charge in [-0.15, -0.1) is 0 Å². The van der Waals surface area contributed by atoms with E-state index in [0.29, 0.717) is 0 Å². The highest BCUT2D eigenvalue weighted by Gasteiger charge is 1.63. The minimum atomic E-state index is 0.964. The van der Waals surface area contributed by atoms with E-state index in [1.54, 1.807) is 12.4 Å². The molecular weight excluding hydrogens is 148 g/mol. The summed E-state index contributed by atoms with van der Waals surface area (Å²) in [6.45, 7) is 5.49. The predicted molar refractivity (Wildman–Crippen MR) is 55.8 cm³/mol. The van der Waals surface area contributed by atoms with Gasteiger partial charge >= 0.3 is 0 Å². The van der Waals surface area contributed by atoms with Crippen molar-refractivity contribution >= 4 is 12.4 Å². The lowest BCUT2D eigenvalue weighted by Crippen LogP contribution is -1.63. The third-order valence-corrected chi connectivity index (χ3v) is 0.960. The Hall–Kier alpha value is -1.44. The molecule has 0 spiro atoms. The first-order chi connectivity index (χ1) is 5.91. The first-order valence-electron chi connectivity index (χ1n) is 3.89. The Morgan fingerprint density at radius 3 is 2.67 bits per heavy atom. The lowest BCUT2D eigenvalue weighted by Gasteiger charge is -1.74. The van der Waals surface area contributed by atoms with Gasteiger partial charge in [0, 0.05) is 24.8 Å². The standard InChI is InChI=1S/C10H14N2/c1-3-8-12-10-7-5-6-9-11-4-2/h4-10H,2-3H2,1H3. The zero-order chi connectivity index (χ0) is 9.07. The maximum atomic E-state index is 3.99. The molecule has 0 saturated carbocycles. The third kappa shape index (κ3) is 8.56. The smallest absolute Gasteiger partial charge is 0.0267 e. The third-order valence-electron chi connectivity index (χ3n) is 0.960. The van der Waals surface area contributed by atoms with E-state index < -0.39 is 0 Å². The van der Waals surface area contributed by atoms with Crippen molar-refractivity contribution in [1.82, 2.24) is 0 Å². The normalized spacial score (nSPS) is 12.8. The number of allylic oxidation sites excluding steroid dienone is 3. The molecule has 0 saturated heterocycles. The Kier molecular flexibility index (Phi) is 8.41. The fraction of sp³-hybridized carbons (Fsp3) is 0.200. The van der Waals surface area contributed by atoms with E-state index in [-0.39, 0.29) is 0 Å². The van der Waals surface area contributed by atoms with Crippen molar-refractivity contribution in [3.63, 3.8) is 0 Å². The van der Waals surface area contributed by atoms with Gasteiger partial charge in [0.15, 0.2) is 0 Å². The Bertz CT molecular complexity index is 210. The number of hydrogen-bond donors (Lipinski definition) is 0. The molecule has 64 valence electrons. The van der Waals surface area contributed by atoms with Crippen molar-refractivity contribution in [2.45, 2.75) is 13.3 Å². The maximum Gasteiger partial charge on any atom is 0.0267 e. The van der Waals surface area contributed by atoms with Crippen LogP contribution in [0, 0.1) is 0 Å². The van der Waals surface area contributed by atoms with Gasteiger partial charge in [-0.3, -0.25) is 9.98 Å². The second-order valence-electron chi connectivity index (χ2n) is 1.95. The molecule has 12 heavy (non-hydrogen) atoms. The van der Waals surface area contributed by atoms with E-state index in [9.17, 15) is 0 Å². The molecule has 0 fully saturated rings. The van der Waals surface area contributed by atoms with Crippen LogP contribution in [0.15, 0.2) is 47.2 Å². The van der Waals surface area contributed by atoms with Crippen LogP contribution >= 0.6 is 0 Å². The maximum absolute atomic E-state index is 3.99. The highest BCUT2D eigenvalue weighted by molar-refractivity contribution is 5.71. The van der Waals surface area contributed by atoms with Gasteiger partial charge in [-0.05, 0) is 18.6 Å². The van der Waals surface area contributed by atoms with Crippen LogP contribution in [0.25, 0.3) is 0 Å². The summed E-state index contributed by atoms with van der Waals surface area (Å²) in [7, 11) is 0. The highest BCUT2D eigenvalue weighted by Crippen LogP contribution is 1.78. The van der Waals surface area contributed by atoms with Gasteiger partial charge < -0.3 is 0 Å². The van der Waals surface area contributed by atoms with Gasteiger partial charge in [-0.2, -0.15) is 0 Å². The van der Waals surface area contributed by atoms with Gasteiger partial charge in [0.2, 0.25) is 0 Å². The Balaban J connectivity index is 3.58. The van der Waals surface area contributed by atoms with E-state index in [4.69, 9.17) is 0 Å². The van der Waals surface area contributed by atoms with Crippen molar-refractivity contribution in [3.05, 3.63) is 37.2 Å². The second-order valence-corrected chi connectivity index (χ2v) is 1.95. The quantitative estimate of drug-likeness (QED) is 0.438. The monoisotopic (exact) mass is 162 g/mol. The Labute approximate surface area is 73.7 Å². The average molecular weight is 162 g/mol.